The summed E-state index contributed by atoms with van der Waals surface area (Å²) < 4.78 is 13.1. The number of rotatable bonds is 8. The number of halogens is 1. The van der Waals surface area contributed by atoms with E-state index in [-0.39, 0.29) is 11.6 Å². The van der Waals surface area contributed by atoms with Crippen LogP contribution in [0.1, 0.15) is 51.5 Å². The average molecular weight is 253 g/mol. The van der Waals surface area contributed by atoms with Gasteiger partial charge in [0.25, 0.3) is 0 Å². The number of benzene rings is 1. The number of aromatic hydroxyl groups is 1. The normalized spacial score (nSPS) is 12.6. The van der Waals surface area contributed by atoms with Crippen molar-refractivity contribution < 1.29 is 9.50 Å². The van der Waals surface area contributed by atoms with E-state index in [0.29, 0.717) is 12.6 Å². The number of hydrogen-bond acceptors (Lipinski definition) is 2. The van der Waals surface area contributed by atoms with Crippen molar-refractivity contribution in [3.8, 4) is 5.75 Å². The van der Waals surface area contributed by atoms with Crippen LogP contribution in [0.5, 0.6) is 5.75 Å². The van der Waals surface area contributed by atoms with Gasteiger partial charge in [-0.1, -0.05) is 33.1 Å². The van der Waals surface area contributed by atoms with Crippen molar-refractivity contribution in [2.75, 3.05) is 0 Å². The van der Waals surface area contributed by atoms with Crippen molar-refractivity contribution in [2.45, 2.75) is 58.5 Å². The average Bonchev–Trinajstić information content (AvgIpc) is 2.31. The molecule has 1 rings (SSSR count). The van der Waals surface area contributed by atoms with Gasteiger partial charge in [-0.2, -0.15) is 0 Å². The molecule has 2 N–H and O–H groups in total. The van der Waals surface area contributed by atoms with Gasteiger partial charge >= 0.3 is 0 Å². The maximum atomic E-state index is 13.1. The highest BCUT2D eigenvalue weighted by Crippen LogP contribution is 2.15. The molecule has 1 unspecified atom stereocenters. The molecule has 0 bridgehead atoms. The van der Waals surface area contributed by atoms with Crippen LogP contribution in [0.2, 0.25) is 0 Å². The summed E-state index contributed by atoms with van der Waals surface area (Å²) in [4.78, 5) is 0. The second kappa shape index (κ2) is 8.09. The van der Waals surface area contributed by atoms with Crippen molar-refractivity contribution in [1.82, 2.24) is 5.32 Å². The molecule has 0 radical (unpaired) electrons. The summed E-state index contributed by atoms with van der Waals surface area (Å²) in [7, 11) is 0. The molecule has 0 aromatic heterocycles. The van der Waals surface area contributed by atoms with E-state index in [2.05, 4.69) is 19.2 Å². The van der Waals surface area contributed by atoms with Crippen LogP contribution in [-0.2, 0) is 6.54 Å². The number of hydrogen-bond donors (Lipinski definition) is 2. The van der Waals surface area contributed by atoms with Crippen LogP contribution >= 0.6 is 0 Å². The zero-order valence-corrected chi connectivity index (χ0v) is 11.4. The minimum Gasteiger partial charge on any atom is -0.508 e. The Hall–Kier alpha value is -1.09. The van der Waals surface area contributed by atoms with Crippen molar-refractivity contribution in [3.05, 3.63) is 29.6 Å². The van der Waals surface area contributed by atoms with Crippen LogP contribution in [0, 0.1) is 5.82 Å². The SMILES string of the molecule is CCCCC(CCC)NCc1cc(O)cc(F)c1. The lowest BCUT2D eigenvalue weighted by Gasteiger charge is -2.18. The van der Waals surface area contributed by atoms with Crippen LogP contribution in [-0.4, -0.2) is 11.1 Å². The number of nitrogens with one attached hydrogen (secondary N) is 1. The monoisotopic (exact) mass is 253 g/mol. The Bertz CT molecular complexity index is 334. The summed E-state index contributed by atoms with van der Waals surface area (Å²) in [5, 5.41) is 12.8. The van der Waals surface area contributed by atoms with E-state index in [1.165, 1.54) is 18.9 Å². The number of phenols is 1. The first kappa shape index (κ1) is 15.0. The smallest absolute Gasteiger partial charge is 0.127 e. The van der Waals surface area contributed by atoms with Crippen LogP contribution in [0.3, 0.4) is 0 Å². The standard InChI is InChI=1S/C15H24FNO/c1-3-5-7-14(6-4-2)17-11-12-8-13(16)10-15(18)9-12/h8-10,14,17-18H,3-7,11H2,1-2H3. The van der Waals surface area contributed by atoms with E-state index in [9.17, 15) is 9.50 Å². The van der Waals surface area contributed by atoms with Gasteiger partial charge in [-0.05, 0) is 30.5 Å². The number of unbranched alkanes of at least 4 members (excludes halogenated alkanes) is 1. The molecule has 102 valence electrons. The minimum absolute atomic E-state index is 0.00704. The fourth-order valence-electron chi connectivity index (χ4n) is 2.15. The third-order valence-corrected chi connectivity index (χ3v) is 3.08. The summed E-state index contributed by atoms with van der Waals surface area (Å²) in [6.07, 6.45) is 5.86. The lowest BCUT2D eigenvalue weighted by molar-refractivity contribution is 0.431. The maximum absolute atomic E-state index is 13.1. The maximum Gasteiger partial charge on any atom is 0.127 e. The zero-order valence-electron chi connectivity index (χ0n) is 11.4. The van der Waals surface area contributed by atoms with E-state index >= 15 is 0 Å². The fourth-order valence-corrected chi connectivity index (χ4v) is 2.15. The molecule has 1 aromatic carbocycles. The molecule has 0 aliphatic carbocycles. The Balaban J connectivity index is 2.49. The van der Waals surface area contributed by atoms with E-state index in [1.54, 1.807) is 6.07 Å². The Kier molecular flexibility index (Phi) is 6.73. The minimum atomic E-state index is -0.382. The van der Waals surface area contributed by atoms with E-state index in [4.69, 9.17) is 0 Å². The predicted octanol–water partition coefficient (Wildman–Crippen LogP) is 3.98. The second-order valence-electron chi connectivity index (χ2n) is 4.83. The highest BCUT2D eigenvalue weighted by Gasteiger charge is 2.07. The molecule has 0 aliphatic heterocycles. The molecule has 0 spiro atoms. The summed E-state index contributed by atoms with van der Waals surface area (Å²) in [5.41, 5.74) is 0.796. The first-order valence-corrected chi connectivity index (χ1v) is 6.87. The van der Waals surface area contributed by atoms with Gasteiger partial charge in [0.1, 0.15) is 11.6 Å². The molecular formula is C15H24FNO. The predicted molar refractivity (Wildman–Crippen MR) is 73.1 cm³/mol. The summed E-state index contributed by atoms with van der Waals surface area (Å²) in [6.45, 7) is 4.97. The first-order chi connectivity index (χ1) is 8.65. The lowest BCUT2D eigenvalue weighted by Crippen LogP contribution is -2.28. The van der Waals surface area contributed by atoms with Crippen LogP contribution in [0.25, 0.3) is 0 Å². The molecule has 0 aliphatic rings. The third-order valence-electron chi connectivity index (χ3n) is 3.08. The Morgan fingerprint density at radius 2 is 1.94 bits per heavy atom. The van der Waals surface area contributed by atoms with Gasteiger partial charge in [-0.15, -0.1) is 0 Å². The molecule has 0 fully saturated rings. The highest BCUT2D eigenvalue weighted by atomic mass is 19.1. The summed E-state index contributed by atoms with van der Waals surface area (Å²) in [5.74, 6) is -0.389. The van der Waals surface area contributed by atoms with E-state index in [0.717, 1.165) is 30.9 Å². The van der Waals surface area contributed by atoms with Gasteiger partial charge in [-0.25, -0.2) is 4.39 Å². The van der Waals surface area contributed by atoms with E-state index in [1.807, 2.05) is 0 Å². The van der Waals surface area contributed by atoms with Crippen molar-refractivity contribution in [2.24, 2.45) is 0 Å². The van der Waals surface area contributed by atoms with Gasteiger partial charge in [0.2, 0.25) is 0 Å². The van der Waals surface area contributed by atoms with Crippen molar-refractivity contribution in [3.63, 3.8) is 0 Å². The molecule has 0 saturated heterocycles. The summed E-state index contributed by atoms with van der Waals surface area (Å²) in [6, 6.07) is 4.69. The fraction of sp³-hybridized carbons (Fsp3) is 0.600. The van der Waals surface area contributed by atoms with Gasteiger partial charge in [0, 0.05) is 18.7 Å². The van der Waals surface area contributed by atoms with E-state index < -0.39 is 0 Å². The Morgan fingerprint density at radius 1 is 1.17 bits per heavy atom. The molecule has 1 atom stereocenters. The zero-order chi connectivity index (χ0) is 13.4. The molecule has 3 heteroatoms. The third kappa shape index (κ3) is 5.50. The molecule has 0 heterocycles. The quantitative estimate of drug-likeness (QED) is 0.734. The Labute approximate surface area is 109 Å². The topological polar surface area (TPSA) is 32.3 Å². The van der Waals surface area contributed by atoms with Crippen LogP contribution in [0.15, 0.2) is 18.2 Å². The molecule has 0 saturated carbocycles. The molecule has 0 amide bonds. The largest absolute Gasteiger partial charge is 0.508 e. The van der Waals surface area contributed by atoms with Crippen LogP contribution in [0.4, 0.5) is 4.39 Å². The Morgan fingerprint density at radius 3 is 2.56 bits per heavy atom. The first-order valence-electron chi connectivity index (χ1n) is 6.87. The van der Waals surface area contributed by atoms with Crippen molar-refractivity contribution in [1.29, 1.82) is 0 Å². The molecule has 18 heavy (non-hydrogen) atoms. The van der Waals surface area contributed by atoms with Crippen LogP contribution < -0.4 is 5.32 Å². The molecule has 2 nitrogen and oxygen atoms in total. The highest BCUT2D eigenvalue weighted by molar-refractivity contribution is 5.28. The van der Waals surface area contributed by atoms with Gasteiger partial charge in [-0.3, -0.25) is 0 Å². The number of phenolic OH excluding ortho intramolecular Hbond substituents is 1. The van der Waals surface area contributed by atoms with Gasteiger partial charge in [0.15, 0.2) is 0 Å². The van der Waals surface area contributed by atoms with Gasteiger partial charge in [0.05, 0.1) is 0 Å². The lowest BCUT2D eigenvalue weighted by atomic mass is 10.0. The van der Waals surface area contributed by atoms with Crippen molar-refractivity contribution >= 4 is 0 Å². The van der Waals surface area contributed by atoms with Gasteiger partial charge < -0.3 is 10.4 Å². The molecular weight excluding hydrogens is 229 g/mol. The molecule has 1 aromatic rings. The second-order valence-corrected chi connectivity index (χ2v) is 4.83. The summed E-state index contributed by atoms with van der Waals surface area (Å²) >= 11 is 0.